The Morgan fingerprint density at radius 2 is 2.12 bits per heavy atom. The molecule has 0 fully saturated rings. The minimum Gasteiger partial charge on any atom is -0.349 e. The van der Waals surface area contributed by atoms with E-state index in [-0.39, 0.29) is 11.9 Å². The van der Waals surface area contributed by atoms with Crippen LogP contribution in [0.1, 0.15) is 40.6 Å². The molecule has 0 saturated heterocycles. The average molecular weight is 386 g/mol. The number of carbonyl (C=O) groups is 1. The van der Waals surface area contributed by atoms with Gasteiger partial charge >= 0.3 is 0 Å². The number of halogens is 1. The molecular formula is C20H20ClN3OS. The summed E-state index contributed by atoms with van der Waals surface area (Å²) in [7, 11) is 0. The van der Waals surface area contributed by atoms with E-state index in [1.165, 1.54) is 22.6 Å². The Labute approximate surface area is 161 Å². The minimum atomic E-state index is 0.0391. The zero-order valence-electron chi connectivity index (χ0n) is 14.3. The van der Waals surface area contributed by atoms with Crippen LogP contribution in [0, 0.1) is 0 Å². The van der Waals surface area contributed by atoms with Gasteiger partial charge in [-0.3, -0.25) is 9.48 Å². The fourth-order valence-electron chi connectivity index (χ4n) is 3.51. The van der Waals surface area contributed by atoms with Crippen LogP contribution in [-0.2, 0) is 24.2 Å². The largest absolute Gasteiger partial charge is 0.349 e. The van der Waals surface area contributed by atoms with Gasteiger partial charge in [0, 0.05) is 16.1 Å². The maximum absolute atomic E-state index is 12.4. The molecule has 1 unspecified atom stereocenters. The summed E-state index contributed by atoms with van der Waals surface area (Å²) >= 11 is 7.40. The zero-order valence-corrected chi connectivity index (χ0v) is 15.9. The van der Waals surface area contributed by atoms with Gasteiger partial charge in [-0.15, -0.1) is 11.3 Å². The van der Waals surface area contributed by atoms with E-state index in [2.05, 4.69) is 27.2 Å². The number of carbonyl (C=O) groups excluding carboxylic acids is 1. The Balaban J connectivity index is 1.46. The van der Waals surface area contributed by atoms with E-state index >= 15 is 0 Å². The van der Waals surface area contributed by atoms with Gasteiger partial charge < -0.3 is 5.32 Å². The van der Waals surface area contributed by atoms with E-state index < -0.39 is 0 Å². The van der Waals surface area contributed by atoms with Gasteiger partial charge in [-0.1, -0.05) is 41.9 Å². The van der Waals surface area contributed by atoms with Crippen molar-refractivity contribution in [2.24, 2.45) is 0 Å². The SMILES string of the molecule is O=C(Cc1ccc(Cl)s1)NC1CCCc2c1cnn2Cc1ccccc1. The fraction of sp³-hybridized carbons (Fsp3) is 0.300. The first kappa shape index (κ1) is 17.3. The number of aromatic nitrogens is 2. The summed E-state index contributed by atoms with van der Waals surface area (Å²) in [5.41, 5.74) is 3.63. The number of benzene rings is 1. The molecule has 0 bridgehead atoms. The maximum atomic E-state index is 12.4. The number of thiophene rings is 1. The second-order valence-corrected chi connectivity index (χ2v) is 8.38. The normalized spacial score (nSPS) is 16.3. The summed E-state index contributed by atoms with van der Waals surface area (Å²) in [5.74, 6) is 0.0391. The molecule has 6 heteroatoms. The van der Waals surface area contributed by atoms with Crippen LogP contribution in [0.3, 0.4) is 0 Å². The van der Waals surface area contributed by atoms with Crippen LogP contribution in [0.4, 0.5) is 0 Å². The van der Waals surface area contributed by atoms with Crippen LogP contribution in [-0.4, -0.2) is 15.7 Å². The van der Waals surface area contributed by atoms with E-state index in [4.69, 9.17) is 11.6 Å². The molecule has 1 aliphatic carbocycles. The van der Waals surface area contributed by atoms with Crippen LogP contribution in [0.2, 0.25) is 4.34 Å². The number of nitrogens with one attached hydrogen (secondary N) is 1. The van der Waals surface area contributed by atoms with Crippen LogP contribution in [0.25, 0.3) is 0 Å². The van der Waals surface area contributed by atoms with Crippen molar-refractivity contribution in [1.82, 2.24) is 15.1 Å². The highest BCUT2D eigenvalue weighted by Crippen LogP contribution is 2.30. The van der Waals surface area contributed by atoms with Crippen molar-refractivity contribution in [2.45, 2.75) is 38.3 Å². The van der Waals surface area contributed by atoms with Crippen LogP contribution in [0.5, 0.6) is 0 Å². The van der Waals surface area contributed by atoms with Crippen molar-refractivity contribution >= 4 is 28.8 Å². The molecule has 2 heterocycles. The van der Waals surface area contributed by atoms with Gasteiger partial charge in [-0.2, -0.15) is 5.10 Å². The van der Waals surface area contributed by atoms with Gasteiger partial charge in [0.2, 0.25) is 5.91 Å². The Morgan fingerprint density at radius 1 is 1.27 bits per heavy atom. The highest BCUT2D eigenvalue weighted by Gasteiger charge is 2.25. The Hall–Kier alpha value is -2.11. The van der Waals surface area contributed by atoms with Gasteiger partial charge in [0.15, 0.2) is 0 Å². The molecule has 4 rings (SSSR count). The predicted molar refractivity (Wildman–Crippen MR) is 105 cm³/mol. The van der Waals surface area contributed by atoms with Crippen LogP contribution >= 0.6 is 22.9 Å². The van der Waals surface area contributed by atoms with E-state index in [1.54, 1.807) is 0 Å². The highest BCUT2D eigenvalue weighted by atomic mass is 35.5. The van der Waals surface area contributed by atoms with Crippen molar-refractivity contribution in [2.75, 3.05) is 0 Å². The smallest absolute Gasteiger partial charge is 0.225 e. The summed E-state index contributed by atoms with van der Waals surface area (Å²) in [6, 6.07) is 14.1. The molecular weight excluding hydrogens is 366 g/mol. The van der Waals surface area contributed by atoms with Gasteiger partial charge in [0.25, 0.3) is 0 Å². The number of hydrogen-bond acceptors (Lipinski definition) is 3. The van der Waals surface area contributed by atoms with Gasteiger partial charge in [0.05, 0.1) is 29.5 Å². The van der Waals surface area contributed by atoms with E-state index in [0.29, 0.717) is 6.42 Å². The predicted octanol–water partition coefficient (Wildman–Crippen LogP) is 4.38. The van der Waals surface area contributed by atoms with Crippen molar-refractivity contribution in [1.29, 1.82) is 0 Å². The quantitative estimate of drug-likeness (QED) is 0.708. The monoisotopic (exact) mass is 385 g/mol. The van der Waals surface area contributed by atoms with E-state index in [1.807, 2.05) is 36.5 Å². The molecule has 4 nitrogen and oxygen atoms in total. The van der Waals surface area contributed by atoms with Crippen molar-refractivity contribution in [3.63, 3.8) is 0 Å². The fourth-order valence-corrected chi connectivity index (χ4v) is 4.60. The van der Waals surface area contributed by atoms with Crippen molar-refractivity contribution in [3.05, 3.63) is 74.7 Å². The number of nitrogens with zero attached hydrogens (tertiary/aromatic N) is 2. The zero-order chi connectivity index (χ0) is 17.9. The van der Waals surface area contributed by atoms with Crippen LogP contribution < -0.4 is 5.32 Å². The third-order valence-electron chi connectivity index (χ3n) is 4.74. The lowest BCUT2D eigenvalue weighted by Gasteiger charge is -2.24. The molecule has 0 radical (unpaired) electrons. The number of fused-ring (bicyclic) bond motifs is 1. The molecule has 26 heavy (non-hydrogen) atoms. The van der Waals surface area contributed by atoms with Gasteiger partial charge in [-0.05, 0) is 37.0 Å². The number of hydrogen-bond donors (Lipinski definition) is 1. The molecule has 134 valence electrons. The molecule has 1 aromatic carbocycles. The van der Waals surface area contributed by atoms with E-state index in [0.717, 1.165) is 40.6 Å². The summed E-state index contributed by atoms with van der Waals surface area (Å²) < 4.78 is 2.79. The number of rotatable bonds is 5. The first-order valence-electron chi connectivity index (χ1n) is 8.81. The van der Waals surface area contributed by atoms with Crippen LogP contribution in [0.15, 0.2) is 48.7 Å². The van der Waals surface area contributed by atoms with Gasteiger partial charge in [0.1, 0.15) is 0 Å². The second-order valence-electron chi connectivity index (χ2n) is 6.58. The summed E-state index contributed by atoms with van der Waals surface area (Å²) in [6.07, 6.45) is 5.32. The topological polar surface area (TPSA) is 46.9 Å². The minimum absolute atomic E-state index is 0.0391. The highest BCUT2D eigenvalue weighted by molar-refractivity contribution is 7.16. The molecule has 0 saturated carbocycles. The first-order valence-corrected chi connectivity index (χ1v) is 10.0. The van der Waals surface area contributed by atoms with Crippen molar-refractivity contribution < 1.29 is 4.79 Å². The van der Waals surface area contributed by atoms with Crippen molar-refractivity contribution in [3.8, 4) is 0 Å². The third kappa shape index (κ3) is 3.84. The summed E-state index contributed by atoms with van der Waals surface area (Å²) in [6.45, 7) is 0.768. The molecule has 1 aliphatic rings. The summed E-state index contributed by atoms with van der Waals surface area (Å²) in [5, 5.41) is 7.77. The molecule has 1 atom stereocenters. The second kappa shape index (κ2) is 7.64. The summed E-state index contributed by atoms with van der Waals surface area (Å²) in [4.78, 5) is 13.4. The maximum Gasteiger partial charge on any atom is 0.225 e. The Morgan fingerprint density at radius 3 is 2.88 bits per heavy atom. The standard InChI is InChI=1S/C20H20ClN3OS/c21-19-10-9-15(26-19)11-20(25)23-17-7-4-8-18-16(17)12-22-24(18)13-14-5-2-1-3-6-14/h1-3,5-6,9-10,12,17H,4,7-8,11,13H2,(H,23,25). The average Bonchev–Trinajstić information content (AvgIpc) is 3.23. The molecule has 2 aromatic heterocycles. The molecule has 1 amide bonds. The molecule has 0 spiro atoms. The van der Waals surface area contributed by atoms with E-state index in [9.17, 15) is 4.79 Å². The Bertz CT molecular complexity index is 903. The molecule has 1 N–H and O–H groups in total. The Kier molecular flexibility index (Phi) is 5.09. The lowest BCUT2D eigenvalue weighted by atomic mass is 9.92. The molecule has 0 aliphatic heterocycles. The third-order valence-corrected chi connectivity index (χ3v) is 5.97. The first-order chi connectivity index (χ1) is 12.7. The molecule has 3 aromatic rings. The number of amides is 1. The lowest BCUT2D eigenvalue weighted by Crippen LogP contribution is -2.32. The lowest BCUT2D eigenvalue weighted by molar-refractivity contribution is -0.121. The van der Waals surface area contributed by atoms with Gasteiger partial charge in [-0.25, -0.2) is 0 Å².